The maximum absolute atomic E-state index is 12.4. The summed E-state index contributed by atoms with van der Waals surface area (Å²) >= 11 is 0. The SMILES string of the molecule is CC(=O)NCCCCCC(=O)NCc1cccc(-c2ccc(C3OC(CN(C)C(C)C(O)c4ccccc4)CC(c4ccc(CO)cc4)O3)cc2)c1. The van der Waals surface area contributed by atoms with Crippen molar-refractivity contribution in [2.45, 2.75) is 89.7 Å². The lowest BCUT2D eigenvalue weighted by atomic mass is 9.98. The topological polar surface area (TPSA) is 120 Å². The minimum atomic E-state index is -0.635. The van der Waals surface area contributed by atoms with E-state index in [1.807, 2.05) is 92.8 Å². The van der Waals surface area contributed by atoms with Crippen LogP contribution in [-0.4, -0.2) is 59.2 Å². The molecular weight excluding hydrogens is 654 g/mol. The third kappa shape index (κ3) is 11.3. The van der Waals surface area contributed by atoms with E-state index in [1.54, 1.807) is 0 Å². The van der Waals surface area contributed by atoms with Crippen molar-refractivity contribution in [3.63, 3.8) is 0 Å². The summed E-state index contributed by atoms with van der Waals surface area (Å²) in [6, 6.07) is 33.9. The Kier molecular flexibility index (Phi) is 14.5. The molecule has 52 heavy (non-hydrogen) atoms. The van der Waals surface area contributed by atoms with Crippen molar-refractivity contribution in [2.24, 2.45) is 0 Å². The molecule has 1 heterocycles. The molecule has 1 aliphatic heterocycles. The van der Waals surface area contributed by atoms with E-state index < -0.39 is 12.4 Å². The van der Waals surface area contributed by atoms with Crippen LogP contribution in [0.4, 0.5) is 0 Å². The summed E-state index contributed by atoms with van der Waals surface area (Å²) in [5, 5.41) is 26.5. The number of unbranched alkanes of at least 4 members (excludes halogenated alkanes) is 2. The Labute approximate surface area is 308 Å². The summed E-state index contributed by atoms with van der Waals surface area (Å²) in [5.74, 6) is -0.00464. The molecule has 9 nitrogen and oxygen atoms in total. The standard InChI is InChI=1S/C43H53N3O6/c1-30(42(50)36-12-6-4-7-13-36)46(3)28-39-26-40(35-18-16-32(29-47)17-19-35)52-43(51-39)37-22-20-34(21-23-37)38-14-10-11-33(25-38)27-45-41(49)15-8-5-9-24-44-31(2)48/h4,6-7,10-14,16-23,25,30,39-40,42-43,47,50H,5,8-9,15,24,26-29H2,1-3H3,(H,44,48)(H,45,49). The van der Waals surface area contributed by atoms with Gasteiger partial charge in [0.05, 0.1) is 24.9 Å². The lowest BCUT2D eigenvalue weighted by Crippen LogP contribution is -2.43. The Morgan fingerprint density at radius 2 is 1.56 bits per heavy atom. The highest BCUT2D eigenvalue weighted by atomic mass is 16.7. The summed E-state index contributed by atoms with van der Waals surface area (Å²) in [6.45, 7) is 5.23. The minimum absolute atomic E-state index is 0.0144. The van der Waals surface area contributed by atoms with Gasteiger partial charge in [0.1, 0.15) is 0 Å². The zero-order valence-corrected chi connectivity index (χ0v) is 30.5. The predicted molar refractivity (Wildman–Crippen MR) is 203 cm³/mol. The molecule has 5 atom stereocenters. The number of amides is 2. The first-order valence-electron chi connectivity index (χ1n) is 18.3. The Bertz CT molecular complexity index is 1700. The number of rotatable bonds is 17. The molecule has 0 saturated carbocycles. The van der Waals surface area contributed by atoms with E-state index in [0.717, 1.165) is 58.2 Å². The van der Waals surface area contributed by atoms with Gasteiger partial charge < -0.3 is 30.3 Å². The number of carbonyl (C=O) groups excluding carboxylic acids is 2. The number of carbonyl (C=O) groups is 2. The molecular formula is C43H53N3O6. The summed E-state index contributed by atoms with van der Waals surface area (Å²) in [4.78, 5) is 25.5. The van der Waals surface area contributed by atoms with Crippen LogP contribution in [0, 0.1) is 0 Å². The van der Waals surface area contributed by atoms with Gasteiger partial charge in [0.2, 0.25) is 11.8 Å². The molecule has 0 aliphatic carbocycles. The Hall–Kier alpha value is -4.38. The Morgan fingerprint density at radius 3 is 2.27 bits per heavy atom. The highest BCUT2D eigenvalue weighted by molar-refractivity contribution is 5.76. The summed E-state index contributed by atoms with van der Waals surface area (Å²) in [6.07, 6.45) is 2.06. The quantitative estimate of drug-likeness (QED) is 0.0896. The maximum Gasteiger partial charge on any atom is 0.220 e. The second-order valence-corrected chi connectivity index (χ2v) is 13.8. The number of nitrogens with zero attached hydrogens (tertiary/aromatic N) is 1. The fraction of sp³-hybridized carbons (Fsp3) is 0.395. The first-order chi connectivity index (χ1) is 25.2. The number of hydrogen-bond donors (Lipinski definition) is 4. The first-order valence-corrected chi connectivity index (χ1v) is 18.3. The molecule has 5 unspecified atom stereocenters. The van der Waals surface area contributed by atoms with Crippen LogP contribution in [0.5, 0.6) is 0 Å². The predicted octanol–water partition coefficient (Wildman–Crippen LogP) is 6.76. The van der Waals surface area contributed by atoms with Gasteiger partial charge in [-0.25, -0.2) is 0 Å². The van der Waals surface area contributed by atoms with Gasteiger partial charge in [0, 0.05) is 51.0 Å². The van der Waals surface area contributed by atoms with Crippen molar-refractivity contribution in [3.05, 3.63) is 131 Å². The summed E-state index contributed by atoms with van der Waals surface area (Å²) in [5.41, 5.74) is 6.78. The fourth-order valence-electron chi connectivity index (χ4n) is 6.52. The number of benzene rings is 4. The first kappa shape index (κ1) is 38.8. The molecule has 1 fully saturated rings. The van der Waals surface area contributed by atoms with E-state index in [2.05, 4.69) is 39.8 Å². The third-order valence-corrected chi connectivity index (χ3v) is 9.79. The second-order valence-electron chi connectivity index (χ2n) is 13.8. The van der Waals surface area contributed by atoms with E-state index >= 15 is 0 Å². The monoisotopic (exact) mass is 707 g/mol. The van der Waals surface area contributed by atoms with Crippen molar-refractivity contribution < 1.29 is 29.3 Å². The second kappa shape index (κ2) is 19.5. The normalized spacial score (nSPS) is 18.5. The van der Waals surface area contributed by atoms with E-state index in [-0.39, 0.29) is 36.7 Å². The molecule has 2 amide bonds. The summed E-state index contributed by atoms with van der Waals surface area (Å²) < 4.78 is 13.2. The largest absolute Gasteiger partial charge is 0.392 e. The van der Waals surface area contributed by atoms with E-state index in [0.29, 0.717) is 32.5 Å². The van der Waals surface area contributed by atoms with Crippen molar-refractivity contribution in [1.29, 1.82) is 0 Å². The number of hydrogen-bond acceptors (Lipinski definition) is 7. The highest BCUT2D eigenvalue weighted by Gasteiger charge is 2.34. The van der Waals surface area contributed by atoms with Crippen LogP contribution < -0.4 is 10.6 Å². The number of ether oxygens (including phenoxy) is 2. The number of likely N-dealkylation sites (N-methyl/N-ethyl adjacent to an activating group) is 1. The van der Waals surface area contributed by atoms with Gasteiger partial charge in [-0.2, -0.15) is 0 Å². The molecule has 4 aromatic carbocycles. The van der Waals surface area contributed by atoms with Crippen LogP contribution in [0.3, 0.4) is 0 Å². The average Bonchev–Trinajstić information content (AvgIpc) is 3.18. The number of aliphatic hydroxyl groups excluding tert-OH is 2. The highest BCUT2D eigenvalue weighted by Crippen LogP contribution is 2.39. The molecule has 4 N–H and O–H groups in total. The summed E-state index contributed by atoms with van der Waals surface area (Å²) in [7, 11) is 2.02. The Balaban J connectivity index is 1.22. The molecule has 0 spiro atoms. The van der Waals surface area contributed by atoms with Gasteiger partial charge in [-0.3, -0.25) is 14.5 Å². The smallest absolute Gasteiger partial charge is 0.220 e. The maximum atomic E-state index is 12.4. The van der Waals surface area contributed by atoms with Crippen molar-refractivity contribution >= 4 is 11.8 Å². The number of aliphatic hydroxyl groups is 2. The molecule has 1 aliphatic rings. The van der Waals surface area contributed by atoms with Crippen LogP contribution in [0.1, 0.15) is 92.3 Å². The molecule has 4 aromatic rings. The van der Waals surface area contributed by atoms with Gasteiger partial charge in [-0.05, 0) is 66.3 Å². The molecule has 5 rings (SSSR count). The molecule has 0 bridgehead atoms. The molecule has 0 aromatic heterocycles. The molecule has 276 valence electrons. The van der Waals surface area contributed by atoms with Gasteiger partial charge in [-0.15, -0.1) is 0 Å². The minimum Gasteiger partial charge on any atom is -0.392 e. The lowest BCUT2D eigenvalue weighted by molar-refractivity contribution is -0.253. The zero-order valence-electron chi connectivity index (χ0n) is 30.5. The van der Waals surface area contributed by atoms with Gasteiger partial charge in [0.15, 0.2) is 6.29 Å². The van der Waals surface area contributed by atoms with Gasteiger partial charge in [0.25, 0.3) is 0 Å². The van der Waals surface area contributed by atoms with E-state index in [4.69, 9.17) is 9.47 Å². The van der Waals surface area contributed by atoms with Gasteiger partial charge >= 0.3 is 0 Å². The van der Waals surface area contributed by atoms with Crippen molar-refractivity contribution in [2.75, 3.05) is 20.1 Å². The fourth-order valence-corrected chi connectivity index (χ4v) is 6.52. The molecule has 0 radical (unpaired) electrons. The average molecular weight is 708 g/mol. The van der Waals surface area contributed by atoms with Crippen LogP contribution in [0.15, 0.2) is 103 Å². The third-order valence-electron chi connectivity index (χ3n) is 9.79. The van der Waals surface area contributed by atoms with Crippen LogP contribution in [0.25, 0.3) is 11.1 Å². The van der Waals surface area contributed by atoms with Crippen LogP contribution in [0.2, 0.25) is 0 Å². The molecule has 9 heteroatoms. The zero-order chi connectivity index (χ0) is 36.9. The van der Waals surface area contributed by atoms with Crippen LogP contribution >= 0.6 is 0 Å². The Morgan fingerprint density at radius 1 is 0.827 bits per heavy atom. The van der Waals surface area contributed by atoms with Gasteiger partial charge in [-0.1, -0.05) is 103 Å². The number of nitrogens with one attached hydrogen (secondary N) is 2. The van der Waals surface area contributed by atoms with Crippen molar-refractivity contribution in [3.8, 4) is 11.1 Å². The van der Waals surface area contributed by atoms with E-state index in [1.165, 1.54) is 6.92 Å². The van der Waals surface area contributed by atoms with E-state index in [9.17, 15) is 19.8 Å². The lowest BCUT2D eigenvalue weighted by Gasteiger charge is -2.39. The van der Waals surface area contributed by atoms with Crippen LogP contribution in [-0.2, 0) is 32.2 Å². The molecule has 1 saturated heterocycles. The van der Waals surface area contributed by atoms with Crippen molar-refractivity contribution in [1.82, 2.24) is 15.5 Å².